The van der Waals surface area contributed by atoms with E-state index in [-0.39, 0.29) is 5.70 Å². The van der Waals surface area contributed by atoms with Gasteiger partial charge >= 0.3 is 5.97 Å². The van der Waals surface area contributed by atoms with Crippen molar-refractivity contribution in [3.63, 3.8) is 0 Å². The standard InChI is InChI=1S/C24H23NO4/c1-2-3-7-17-10-12-18(13-11-17)22-15-14-20(29-22)16-21(24(27)28)25-23(26)19-8-5-4-6-9-19/h4-6,8-16H,2-3,7H2,1H3,(H,25,26)(H,27,28)/b21-16+. The first kappa shape index (κ1) is 20.1. The maximum Gasteiger partial charge on any atom is 0.352 e. The van der Waals surface area contributed by atoms with E-state index < -0.39 is 11.9 Å². The van der Waals surface area contributed by atoms with Crippen molar-refractivity contribution < 1.29 is 19.1 Å². The smallest absolute Gasteiger partial charge is 0.352 e. The van der Waals surface area contributed by atoms with Gasteiger partial charge in [-0.25, -0.2) is 4.79 Å². The second-order valence-corrected chi connectivity index (χ2v) is 6.69. The van der Waals surface area contributed by atoms with Crippen LogP contribution in [0.3, 0.4) is 0 Å². The zero-order valence-corrected chi connectivity index (χ0v) is 16.2. The van der Waals surface area contributed by atoms with E-state index in [0.29, 0.717) is 17.1 Å². The Morgan fingerprint density at radius 3 is 2.38 bits per heavy atom. The number of aliphatic carboxylic acids is 1. The van der Waals surface area contributed by atoms with Gasteiger partial charge in [-0.15, -0.1) is 0 Å². The zero-order chi connectivity index (χ0) is 20.6. The van der Waals surface area contributed by atoms with Crippen LogP contribution < -0.4 is 5.32 Å². The monoisotopic (exact) mass is 389 g/mol. The van der Waals surface area contributed by atoms with Crippen LogP contribution in [0.25, 0.3) is 17.4 Å². The molecule has 0 saturated heterocycles. The minimum Gasteiger partial charge on any atom is -0.477 e. The summed E-state index contributed by atoms with van der Waals surface area (Å²) in [5.74, 6) is -0.751. The molecule has 1 heterocycles. The highest BCUT2D eigenvalue weighted by Gasteiger charge is 2.14. The van der Waals surface area contributed by atoms with Crippen molar-refractivity contribution in [3.8, 4) is 11.3 Å². The molecule has 2 aromatic carbocycles. The van der Waals surface area contributed by atoms with Gasteiger partial charge in [-0.1, -0.05) is 55.8 Å². The average Bonchev–Trinajstić information content (AvgIpc) is 3.21. The molecule has 0 aliphatic rings. The quantitative estimate of drug-likeness (QED) is 0.523. The van der Waals surface area contributed by atoms with E-state index in [0.717, 1.165) is 24.8 Å². The molecule has 0 bridgehead atoms. The Kier molecular flexibility index (Phi) is 6.63. The van der Waals surface area contributed by atoms with Crippen molar-refractivity contribution in [1.82, 2.24) is 5.32 Å². The van der Waals surface area contributed by atoms with Crippen LogP contribution in [0, 0.1) is 0 Å². The second kappa shape index (κ2) is 9.55. The molecule has 0 unspecified atom stereocenters. The molecule has 0 radical (unpaired) electrons. The predicted molar refractivity (Wildman–Crippen MR) is 112 cm³/mol. The molecule has 0 fully saturated rings. The van der Waals surface area contributed by atoms with Crippen molar-refractivity contribution in [3.05, 3.63) is 89.3 Å². The predicted octanol–water partition coefficient (Wildman–Crippen LogP) is 5.14. The topological polar surface area (TPSA) is 79.5 Å². The number of unbranched alkanes of at least 4 members (excludes halogenated alkanes) is 1. The first-order chi connectivity index (χ1) is 14.1. The third kappa shape index (κ3) is 5.45. The van der Waals surface area contributed by atoms with E-state index in [1.54, 1.807) is 42.5 Å². The van der Waals surface area contributed by atoms with E-state index in [1.165, 1.54) is 11.6 Å². The molecule has 3 rings (SSSR count). The molecule has 1 aromatic heterocycles. The van der Waals surface area contributed by atoms with Gasteiger partial charge in [0, 0.05) is 17.2 Å². The van der Waals surface area contributed by atoms with Crippen molar-refractivity contribution >= 4 is 18.0 Å². The van der Waals surface area contributed by atoms with Gasteiger partial charge in [0.05, 0.1) is 0 Å². The highest BCUT2D eigenvalue weighted by Crippen LogP contribution is 2.24. The van der Waals surface area contributed by atoms with E-state index >= 15 is 0 Å². The number of rotatable bonds is 8. The summed E-state index contributed by atoms with van der Waals surface area (Å²) in [6.45, 7) is 2.17. The Labute approximate surface area is 169 Å². The maximum absolute atomic E-state index is 12.2. The van der Waals surface area contributed by atoms with Crippen LogP contribution in [-0.2, 0) is 11.2 Å². The number of carboxylic acid groups (broad SMARTS) is 1. The maximum atomic E-state index is 12.2. The van der Waals surface area contributed by atoms with Crippen LogP contribution in [0.4, 0.5) is 0 Å². The Morgan fingerprint density at radius 2 is 1.72 bits per heavy atom. The number of hydrogen-bond acceptors (Lipinski definition) is 3. The molecule has 0 aliphatic heterocycles. The molecule has 3 aromatic rings. The van der Waals surface area contributed by atoms with Gasteiger partial charge in [0.2, 0.25) is 0 Å². The summed E-state index contributed by atoms with van der Waals surface area (Å²) in [6, 6.07) is 20.0. The Hall–Kier alpha value is -3.60. The first-order valence-corrected chi connectivity index (χ1v) is 9.57. The van der Waals surface area contributed by atoms with Gasteiger partial charge in [-0.2, -0.15) is 0 Å². The van der Waals surface area contributed by atoms with Crippen LogP contribution in [0.1, 0.15) is 41.4 Å². The number of aryl methyl sites for hydroxylation is 1. The van der Waals surface area contributed by atoms with Crippen LogP contribution in [-0.4, -0.2) is 17.0 Å². The third-order valence-electron chi connectivity index (χ3n) is 4.49. The fraction of sp³-hybridized carbons (Fsp3) is 0.167. The molecule has 5 heteroatoms. The van der Waals surface area contributed by atoms with E-state index in [1.807, 2.05) is 12.1 Å². The third-order valence-corrected chi connectivity index (χ3v) is 4.49. The lowest BCUT2D eigenvalue weighted by atomic mass is 10.1. The number of nitrogens with one attached hydrogen (secondary N) is 1. The number of amides is 1. The lowest BCUT2D eigenvalue weighted by molar-refractivity contribution is -0.132. The molecular weight excluding hydrogens is 366 g/mol. The number of benzene rings is 2. The number of furan rings is 1. The second-order valence-electron chi connectivity index (χ2n) is 6.69. The number of carbonyl (C=O) groups excluding carboxylic acids is 1. The molecule has 1 amide bonds. The summed E-state index contributed by atoms with van der Waals surface area (Å²) in [5, 5.41) is 11.9. The van der Waals surface area contributed by atoms with E-state index in [2.05, 4.69) is 24.4 Å². The van der Waals surface area contributed by atoms with Gasteiger partial charge in [-0.05, 0) is 42.7 Å². The molecule has 5 nitrogen and oxygen atoms in total. The summed E-state index contributed by atoms with van der Waals surface area (Å²) in [7, 11) is 0. The minimum atomic E-state index is -1.24. The van der Waals surface area contributed by atoms with Crippen molar-refractivity contribution in [1.29, 1.82) is 0 Å². The van der Waals surface area contributed by atoms with Gasteiger partial charge in [0.25, 0.3) is 5.91 Å². The van der Waals surface area contributed by atoms with Crippen molar-refractivity contribution in [2.45, 2.75) is 26.2 Å². The highest BCUT2D eigenvalue weighted by atomic mass is 16.4. The molecule has 2 N–H and O–H groups in total. The van der Waals surface area contributed by atoms with Crippen LogP contribution in [0.15, 0.2) is 76.8 Å². The fourth-order valence-corrected chi connectivity index (χ4v) is 2.88. The molecule has 148 valence electrons. The first-order valence-electron chi connectivity index (χ1n) is 9.57. The fourth-order valence-electron chi connectivity index (χ4n) is 2.88. The lowest BCUT2D eigenvalue weighted by Crippen LogP contribution is -2.27. The number of carbonyl (C=O) groups is 2. The van der Waals surface area contributed by atoms with E-state index in [4.69, 9.17) is 4.42 Å². The number of hydrogen-bond donors (Lipinski definition) is 2. The molecule has 0 spiro atoms. The summed E-state index contributed by atoms with van der Waals surface area (Å²) in [5.41, 5.74) is 2.31. The minimum absolute atomic E-state index is 0.255. The molecule has 0 aliphatic carbocycles. The molecule has 0 atom stereocenters. The molecule has 29 heavy (non-hydrogen) atoms. The van der Waals surface area contributed by atoms with Crippen LogP contribution >= 0.6 is 0 Å². The largest absolute Gasteiger partial charge is 0.477 e. The van der Waals surface area contributed by atoms with Gasteiger partial charge in [0.1, 0.15) is 17.2 Å². The van der Waals surface area contributed by atoms with Gasteiger partial charge in [-0.3, -0.25) is 4.79 Å². The molecular formula is C24H23NO4. The Morgan fingerprint density at radius 1 is 1.00 bits per heavy atom. The highest BCUT2D eigenvalue weighted by molar-refractivity contribution is 6.02. The number of carboxylic acids is 1. The van der Waals surface area contributed by atoms with Gasteiger partial charge in [0.15, 0.2) is 0 Å². The van der Waals surface area contributed by atoms with Crippen LogP contribution in [0.5, 0.6) is 0 Å². The zero-order valence-electron chi connectivity index (χ0n) is 16.2. The van der Waals surface area contributed by atoms with Crippen molar-refractivity contribution in [2.24, 2.45) is 0 Å². The normalized spacial score (nSPS) is 11.3. The van der Waals surface area contributed by atoms with Crippen molar-refractivity contribution in [2.75, 3.05) is 0 Å². The van der Waals surface area contributed by atoms with Gasteiger partial charge < -0.3 is 14.8 Å². The molecule has 0 saturated carbocycles. The summed E-state index contributed by atoms with van der Waals surface area (Å²) in [6.07, 6.45) is 4.67. The Balaban J connectivity index is 1.75. The SMILES string of the molecule is CCCCc1ccc(-c2ccc(/C=C(/NC(=O)c3ccccc3)C(=O)O)o2)cc1. The Bertz CT molecular complexity index is 1000. The summed E-state index contributed by atoms with van der Waals surface area (Å²) < 4.78 is 5.77. The summed E-state index contributed by atoms with van der Waals surface area (Å²) in [4.78, 5) is 23.8. The summed E-state index contributed by atoms with van der Waals surface area (Å²) >= 11 is 0. The van der Waals surface area contributed by atoms with E-state index in [9.17, 15) is 14.7 Å². The average molecular weight is 389 g/mol. The lowest BCUT2D eigenvalue weighted by Gasteiger charge is -2.05. The van der Waals surface area contributed by atoms with Crippen LogP contribution in [0.2, 0.25) is 0 Å².